The molecule has 1 fully saturated rings. The number of rotatable bonds is 3. The molecule has 1 aliphatic rings. The van der Waals surface area contributed by atoms with E-state index in [0.717, 1.165) is 17.5 Å². The van der Waals surface area contributed by atoms with Gasteiger partial charge in [0.15, 0.2) is 0 Å². The van der Waals surface area contributed by atoms with Gasteiger partial charge >= 0.3 is 6.18 Å². The van der Waals surface area contributed by atoms with E-state index in [9.17, 15) is 21.6 Å². The van der Waals surface area contributed by atoms with Crippen molar-refractivity contribution < 1.29 is 21.6 Å². The molecule has 6 nitrogen and oxygen atoms in total. The summed E-state index contributed by atoms with van der Waals surface area (Å²) in [5.41, 5.74) is 6.67. The number of hydrogen-bond donors (Lipinski definition) is 1. The topological polar surface area (TPSA) is 90.9 Å². The van der Waals surface area contributed by atoms with Crippen molar-refractivity contribution in [1.82, 2.24) is 14.8 Å². The molecule has 24 heavy (non-hydrogen) atoms. The highest BCUT2D eigenvalue weighted by molar-refractivity contribution is 8.13. The zero-order valence-electron chi connectivity index (χ0n) is 12.3. The molecule has 1 saturated carbocycles. The number of hydrogen-bond acceptors (Lipinski definition) is 5. The first-order valence-electron chi connectivity index (χ1n) is 6.88. The molecule has 11 heteroatoms. The predicted molar refractivity (Wildman–Crippen MR) is 80.5 cm³/mol. The van der Waals surface area contributed by atoms with Gasteiger partial charge in [-0.25, -0.2) is 8.42 Å². The number of nitrogens with two attached hydrogens (primary N) is 1. The fraction of sp³-hybridized carbons (Fsp3) is 0.385. The smallest absolute Gasteiger partial charge is 0.368 e. The van der Waals surface area contributed by atoms with Crippen LogP contribution in [0, 0.1) is 6.92 Å². The fourth-order valence-electron chi connectivity index (χ4n) is 2.47. The van der Waals surface area contributed by atoms with E-state index in [-0.39, 0.29) is 16.5 Å². The first-order valence-corrected chi connectivity index (χ1v) is 9.18. The van der Waals surface area contributed by atoms with Crippen LogP contribution in [0.5, 0.6) is 0 Å². The van der Waals surface area contributed by atoms with Crippen LogP contribution in [-0.2, 0) is 15.2 Å². The molecular formula is C13H12ClF3N4O2S. The summed E-state index contributed by atoms with van der Waals surface area (Å²) in [7, 11) is 1.41. The molecule has 0 amide bonds. The van der Waals surface area contributed by atoms with Crippen molar-refractivity contribution in [1.29, 1.82) is 0 Å². The molecule has 3 rings (SSSR count). The molecule has 2 aromatic rings. The number of aromatic nitrogens is 3. The summed E-state index contributed by atoms with van der Waals surface area (Å²) in [6, 6.07) is 2.78. The van der Waals surface area contributed by atoms with E-state index in [1.54, 1.807) is 13.0 Å². The number of aryl methyl sites for hydroxylation is 1. The lowest BCUT2D eigenvalue weighted by atomic mass is 10.1. The average molecular weight is 381 g/mol. The van der Waals surface area contributed by atoms with Gasteiger partial charge < -0.3 is 5.73 Å². The molecule has 0 aliphatic heterocycles. The molecule has 0 unspecified atom stereocenters. The van der Waals surface area contributed by atoms with Gasteiger partial charge in [0, 0.05) is 10.7 Å². The van der Waals surface area contributed by atoms with Gasteiger partial charge in [-0.3, -0.25) is 0 Å². The minimum absolute atomic E-state index is 0.0825. The van der Waals surface area contributed by atoms with Gasteiger partial charge in [-0.2, -0.15) is 22.8 Å². The summed E-state index contributed by atoms with van der Waals surface area (Å²) in [5, 5.41) is 3.34. The Kier molecular flexibility index (Phi) is 3.79. The zero-order valence-corrected chi connectivity index (χ0v) is 13.9. The molecule has 0 radical (unpaired) electrons. The second-order valence-electron chi connectivity index (χ2n) is 5.59. The lowest BCUT2D eigenvalue weighted by Gasteiger charge is -2.13. The number of nitrogens with zero attached hydrogens (tertiary/aromatic N) is 3. The van der Waals surface area contributed by atoms with Gasteiger partial charge in [-0.15, -0.1) is 5.10 Å². The Labute approximate surface area is 139 Å². The van der Waals surface area contributed by atoms with E-state index in [2.05, 4.69) is 10.1 Å². The Hall–Kier alpha value is -1.81. The van der Waals surface area contributed by atoms with E-state index in [4.69, 9.17) is 16.4 Å². The zero-order chi connectivity index (χ0) is 17.9. The number of nitrogen functional groups attached to an aromatic ring is 1. The molecule has 0 saturated heterocycles. The van der Waals surface area contributed by atoms with Crippen LogP contribution in [0.25, 0.3) is 5.69 Å². The van der Waals surface area contributed by atoms with Crippen LogP contribution in [0.15, 0.2) is 17.0 Å². The quantitative estimate of drug-likeness (QED) is 0.826. The normalized spacial score (nSPS) is 15.7. The van der Waals surface area contributed by atoms with Crippen molar-refractivity contribution in [2.75, 3.05) is 5.73 Å². The lowest BCUT2D eigenvalue weighted by molar-refractivity contribution is -0.144. The Morgan fingerprint density at radius 2 is 1.96 bits per heavy atom. The number of benzene rings is 1. The SMILES string of the molecule is Cc1cc(C2CC2)c(S(=O)(=O)Cl)cc1-n1nc(C(F)(F)F)nc1N. The van der Waals surface area contributed by atoms with Crippen LogP contribution in [0.3, 0.4) is 0 Å². The van der Waals surface area contributed by atoms with Crippen LogP contribution in [0.4, 0.5) is 19.1 Å². The Morgan fingerprint density at radius 3 is 2.42 bits per heavy atom. The molecule has 0 bridgehead atoms. The third kappa shape index (κ3) is 3.07. The lowest BCUT2D eigenvalue weighted by Crippen LogP contribution is -2.10. The van der Waals surface area contributed by atoms with Gasteiger partial charge in [-0.05, 0) is 42.9 Å². The summed E-state index contributed by atoms with van der Waals surface area (Å²) >= 11 is 0. The maximum absolute atomic E-state index is 12.7. The van der Waals surface area contributed by atoms with Crippen molar-refractivity contribution in [2.24, 2.45) is 0 Å². The van der Waals surface area contributed by atoms with Gasteiger partial charge in [0.05, 0.1) is 10.6 Å². The molecular weight excluding hydrogens is 369 g/mol. The molecule has 1 aromatic carbocycles. The highest BCUT2D eigenvalue weighted by Crippen LogP contribution is 2.44. The van der Waals surface area contributed by atoms with E-state index < -0.39 is 27.0 Å². The van der Waals surface area contributed by atoms with Crippen LogP contribution in [0.1, 0.15) is 35.7 Å². The molecule has 1 aromatic heterocycles. The molecule has 2 N–H and O–H groups in total. The highest BCUT2D eigenvalue weighted by atomic mass is 35.7. The summed E-state index contributed by atoms with van der Waals surface area (Å²) in [6.07, 6.45) is -3.09. The van der Waals surface area contributed by atoms with E-state index in [1.807, 2.05) is 0 Å². The number of anilines is 1. The average Bonchev–Trinajstić information content (AvgIpc) is 3.19. The van der Waals surface area contributed by atoms with Crippen LogP contribution < -0.4 is 5.73 Å². The molecule has 0 spiro atoms. The monoisotopic (exact) mass is 380 g/mol. The number of halogens is 4. The highest BCUT2D eigenvalue weighted by Gasteiger charge is 2.37. The summed E-state index contributed by atoms with van der Waals surface area (Å²) < 4.78 is 62.6. The van der Waals surface area contributed by atoms with Gasteiger partial charge in [-0.1, -0.05) is 6.07 Å². The fourth-order valence-corrected chi connectivity index (χ4v) is 3.63. The molecule has 0 atom stereocenters. The maximum atomic E-state index is 12.7. The molecule has 1 heterocycles. The van der Waals surface area contributed by atoms with Gasteiger partial charge in [0.2, 0.25) is 5.95 Å². The first kappa shape index (κ1) is 17.0. The summed E-state index contributed by atoms with van der Waals surface area (Å²) in [5.74, 6) is -1.82. The van der Waals surface area contributed by atoms with E-state index in [1.165, 1.54) is 6.07 Å². The Bertz CT molecular complexity index is 920. The van der Waals surface area contributed by atoms with Crippen molar-refractivity contribution in [3.8, 4) is 5.69 Å². The van der Waals surface area contributed by atoms with E-state index in [0.29, 0.717) is 11.1 Å². The number of alkyl halides is 3. The minimum Gasteiger partial charge on any atom is -0.368 e. The maximum Gasteiger partial charge on any atom is 0.453 e. The third-order valence-electron chi connectivity index (χ3n) is 3.72. The summed E-state index contributed by atoms with van der Waals surface area (Å²) in [6.45, 7) is 1.63. The molecule has 130 valence electrons. The van der Waals surface area contributed by atoms with Crippen molar-refractivity contribution in [3.05, 3.63) is 29.1 Å². The van der Waals surface area contributed by atoms with Crippen molar-refractivity contribution >= 4 is 25.7 Å². The molecule has 1 aliphatic carbocycles. The standard InChI is InChI=1S/C13H12ClF3N4O2S/c1-6-4-8(7-2-3-7)10(24(14,22)23)5-9(6)21-12(18)19-11(20-21)13(15,16)17/h4-5,7H,2-3H2,1H3,(H2,18,19,20). The van der Waals surface area contributed by atoms with Crippen LogP contribution >= 0.6 is 10.7 Å². The second kappa shape index (κ2) is 5.35. The largest absolute Gasteiger partial charge is 0.453 e. The van der Waals surface area contributed by atoms with Crippen molar-refractivity contribution in [2.45, 2.75) is 36.8 Å². The van der Waals surface area contributed by atoms with E-state index >= 15 is 0 Å². The first-order chi connectivity index (χ1) is 11.0. The van der Waals surface area contributed by atoms with Gasteiger partial charge in [0.1, 0.15) is 0 Å². The van der Waals surface area contributed by atoms with Gasteiger partial charge in [0.25, 0.3) is 14.9 Å². The minimum atomic E-state index is -4.76. The third-order valence-corrected chi connectivity index (χ3v) is 5.10. The van der Waals surface area contributed by atoms with Crippen molar-refractivity contribution in [3.63, 3.8) is 0 Å². The Morgan fingerprint density at radius 1 is 1.33 bits per heavy atom. The Balaban J connectivity index is 2.21. The van der Waals surface area contributed by atoms with Crippen LogP contribution in [-0.4, -0.2) is 23.2 Å². The summed E-state index contributed by atoms with van der Waals surface area (Å²) in [4.78, 5) is 3.04. The second-order valence-corrected chi connectivity index (χ2v) is 8.13. The predicted octanol–water partition coefficient (Wildman–Crippen LogP) is 2.98. The van der Waals surface area contributed by atoms with Crippen LogP contribution in [0.2, 0.25) is 0 Å².